The molecule has 29 heavy (non-hydrogen) atoms. The Bertz CT molecular complexity index is 1020. The van der Waals surface area contributed by atoms with Crippen LogP contribution in [0.2, 0.25) is 0 Å². The number of hydrogen-bond acceptors (Lipinski definition) is 5. The van der Waals surface area contributed by atoms with Crippen LogP contribution in [0, 0.1) is 6.92 Å². The van der Waals surface area contributed by atoms with Crippen molar-refractivity contribution in [2.45, 2.75) is 19.4 Å². The highest BCUT2D eigenvalue weighted by atomic mass is 16.5. The first-order chi connectivity index (χ1) is 14.1. The third-order valence-electron chi connectivity index (χ3n) is 4.93. The minimum atomic E-state index is -0.161. The molecule has 1 aliphatic heterocycles. The molecule has 4 rings (SSSR count). The van der Waals surface area contributed by atoms with Crippen LogP contribution < -0.4 is 4.74 Å². The molecule has 1 aromatic heterocycles. The highest BCUT2D eigenvalue weighted by Gasteiger charge is 2.30. The zero-order valence-corrected chi connectivity index (χ0v) is 16.1. The summed E-state index contributed by atoms with van der Waals surface area (Å²) in [7, 11) is 0. The first-order valence-corrected chi connectivity index (χ1v) is 9.57. The van der Waals surface area contributed by atoms with Gasteiger partial charge in [0.15, 0.2) is 5.78 Å². The van der Waals surface area contributed by atoms with E-state index in [9.17, 15) is 9.59 Å². The molecule has 3 aromatic rings. The molecule has 0 aliphatic carbocycles. The molecule has 1 aliphatic rings. The fourth-order valence-corrected chi connectivity index (χ4v) is 3.41. The Hall–Kier alpha value is -3.54. The van der Waals surface area contributed by atoms with Gasteiger partial charge in [0.1, 0.15) is 6.10 Å². The van der Waals surface area contributed by atoms with Crippen LogP contribution in [0.5, 0.6) is 5.88 Å². The second-order valence-corrected chi connectivity index (χ2v) is 7.03. The molecular weight excluding hydrogens is 366 g/mol. The van der Waals surface area contributed by atoms with Gasteiger partial charge in [-0.1, -0.05) is 48.5 Å². The Morgan fingerprint density at radius 3 is 2.38 bits per heavy atom. The van der Waals surface area contributed by atoms with Gasteiger partial charge in [0.25, 0.3) is 5.91 Å². The van der Waals surface area contributed by atoms with Crippen molar-refractivity contribution in [3.05, 3.63) is 89.1 Å². The van der Waals surface area contributed by atoms with Crippen LogP contribution in [0.4, 0.5) is 0 Å². The molecule has 0 spiro atoms. The number of ether oxygens (including phenoxy) is 1. The lowest BCUT2D eigenvalue weighted by Crippen LogP contribution is -2.32. The Balaban J connectivity index is 1.49. The van der Waals surface area contributed by atoms with Gasteiger partial charge in [0.05, 0.1) is 17.8 Å². The van der Waals surface area contributed by atoms with E-state index in [1.165, 1.54) is 0 Å². The maximum Gasteiger partial charge on any atom is 0.254 e. The number of rotatable bonds is 5. The van der Waals surface area contributed by atoms with Gasteiger partial charge in [-0.15, -0.1) is 5.10 Å². The Morgan fingerprint density at radius 1 is 0.931 bits per heavy atom. The minimum absolute atomic E-state index is 0.145. The number of carbonyl (C=O) groups excluding carboxylic acids is 2. The topological polar surface area (TPSA) is 72.4 Å². The SMILES string of the molecule is Cc1ccc(OC2CCN(C(=O)c3ccccc3C(=O)c3ccccc3)C2)nn1. The molecule has 6 heteroatoms. The molecule has 2 aromatic carbocycles. The number of ketones is 1. The molecule has 146 valence electrons. The summed E-state index contributed by atoms with van der Waals surface area (Å²) in [5.74, 6) is 0.136. The molecule has 0 bridgehead atoms. The zero-order valence-electron chi connectivity index (χ0n) is 16.1. The number of hydrogen-bond donors (Lipinski definition) is 0. The molecule has 0 N–H and O–H groups in total. The highest BCUT2D eigenvalue weighted by molar-refractivity contribution is 6.15. The van der Waals surface area contributed by atoms with Gasteiger partial charge in [0, 0.05) is 30.2 Å². The highest BCUT2D eigenvalue weighted by Crippen LogP contribution is 2.21. The van der Waals surface area contributed by atoms with Gasteiger partial charge < -0.3 is 9.64 Å². The van der Waals surface area contributed by atoms with Crippen LogP contribution in [0.1, 0.15) is 38.4 Å². The van der Waals surface area contributed by atoms with E-state index in [1.54, 1.807) is 47.4 Å². The van der Waals surface area contributed by atoms with E-state index < -0.39 is 0 Å². The summed E-state index contributed by atoms with van der Waals surface area (Å²) in [6.45, 7) is 2.87. The van der Waals surface area contributed by atoms with Crippen LogP contribution in [0.15, 0.2) is 66.7 Å². The van der Waals surface area contributed by atoms with Crippen molar-refractivity contribution in [2.24, 2.45) is 0 Å². The third-order valence-corrected chi connectivity index (χ3v) is 4.93. The van der Waals surface area contributed by atoms with Crippen molar-refractivity contribution < 1.29 is 14.3 Å². The maximum absolute atomic E-state index is 13.1. The number of benzene rings is 2. The quantitative estimate of drug-likeness (QED) is 0.628. The predicted molar refractivity (Wildman–Crippen MR) is 108 cm³/mol. The van der Waals surface area contributed by atoms with E-state index in [2.05, 4.69) is 10.2 Å². The second-order valence-electron chi connectivity index (χ2n) is 7.03. The molecule has 2 heterocycles. The number of aryl methyl sites for hydroxylation is 1. The summed E-state index contributed by atoms with van der Waals surface area (Å²) in [5.41, 5.74) is 2.21. The summed E-state index contributed by atoms with van der Waals surface area (Å²) in [6, 6.07) is 19.6. The number of amides is 1. The van der Waals surface area contributed by atoms with E-state index in [0.717, 1.165) is 5.69 Å². The van der Waals surface area contributed by atoms with Gasteiger partial charge in [-0.05, 0) is 19.1 Å². The Morgan fingerprint density at radius 2 is 1.66 bits per heavy atom. The average Bonchev–Trinajstić information content (AvgIpc) is 3.23. The van der Waals surface area contributed by atoms with Crippen LogP contribution in [0.25, 0.3) is 0 Å². The smallest absolute Gasteiger partial charge is 0.254 e. The predicted octanol–water partition coefficient (Wildman–Crippen LogP) is 3.31. The number of aromatic nitrogens is 2. The largest absolute Gasteiger partial charge is 0.471 e. The zero-order chi connectivity index (χ0) is 20.2. The first-order valence-electron chi connectivity index (χ1n) is 9.57. The minimum Gasteiger partial charge on any atom is -0.471 e. The van der Waals surface area contributed by atoms with Crippen LogP contribution in [-0.2, 0) is 0 Å². The van der Waals surface area contributed by atoms with Gasteiger partial charge in [-0.25, -0.2) is 0 Å². The Kier molecular flexibility index (Phi) is 5.33. The standard InChI is InChI=1S/C23H21N3O3/c1-16-11-12-21(25-24-16)29-18-13-14-26(15-18)23(28)20-10-6-5-9-19(20)22(27)17-7-3-2-4-8-17/h2-12,18H,13-15H2,1H3. The van der Waals surface area contributed by atoms with Crippen LogP contribution >= 0.6 is 0 Å². The lowest BCUT2D eigenvalue weighted by molar-refractivity contribution is 0.0766. The summed E-state index contributed by atoms with van der Waals surface area (Å²) in [5, 5.41) is 8.01. The summed E-state index contributed by atoms with van der Waals surface area (Å²) >= 11 is 0. The molecule has 1 atom stereocenters. The molecule has 0 radical (unpaired) electrons. The molecule has 1 unspecified atom stereocenters. The van der Waals surface area contributed by atoms with Crippen molar-refractivity contribution in [1.29, 1.82) is 0 Å². The Labute approximate surface area is 169 Å². The van der Waals surface area contributed by atoms with Gasteiger partial charge >= 0.3 is 0 Å². The van der Waals surface area contributed by atoms with E-state index in [-0.39, 0.29) is 17.8 Å². The van der Waals surface area contributed by atoms with Crippen molar-refractivity contribution in [3.63, 3.8) is 0 Å². The third kappa shape index (κ3) is 4.16. The van der Waals surface area contributed by atoms with E-state index >= 15 is 0 Å². The van der Waals surface area contributed by atoms with Crippen molar-refractivity contribution in [3.8, 4) is 5.88 Å². The lowest BCUT2D eigenvalue weighted by atomic mass is 9.97. The molecule has 1 saturated heterocycles. The fraction of sp³-hybridized carbons (Fsp3) is 0.217. The van der Waals surface area contributed by atoms with E-state index in [4.69, 9.17) is 4.74 Å². The monoisotopic (exact) mass is 387 g/mol. The van der Waals surface area contributed by atoms with Crippen LogP contribution in [0.3, 0.4) is 0 Å². The summed E-state index contributed by atoms with van der Waals surface area (Å²) in [4.78, 5) is 27.8. The summed E-state index contributed by atoms with van der Waals surface area (Å²) < 4.78 is 5.86. The second kappa shape index (κ2) is 8.22. The molecule has 1 fully saturated rings. The lowest BCUT2D eigenvalue weighted by Gasteiger charge is -2.18. The van der Waals surface area contributed by atoms with Gasteiger partial charge in [-0.2, -0.15) is 5.10 Å². The maximum atomic E-state index is 13.1. The molecule has 6 nitrogen and oxygen atoms in total. The van der Waals surface area contributed by atoms with E-state index in [1.807, 2.05) is 31.2 Å². The van der Waals surface area contributed by atoms with Gasteiger partial charge in [0.2, 0.25) is 5.88 Å². The average molecular weight is 387 g/mol. The molecule has 1 amide bonds. The number of carbonyl (C=O) groups is 2. The van der Waals surface area contributed by atoms with Crippen molar-refractivity contribution in [1.82, 2.24) is 15.1 Å². The van der Waals surface area contributed by atoms with Crippen molar-refractivity contribution >= 4 is 11.7 Å². The number of likely N-dealkylation sites (tertiary alicyclic amines) is 1. The van der Waals surface area contributed by atoms with Crippen LogP contribution in [-0.4, -0.2) is 46.0 Å². The summed E-state index contributed by atoms with van der Waals surface area (Å²) in [6.07, 6.45) is 0.559. The molecule has 0 saturated carbocycles. The number of nitrogens with zero attached hydrogens (tertiary/aromatic N) is 3. The van der Waals surface area contributed by atoms with Gasteiger partial charge in [-0.3, -0.25) is 9.59 Å². The molecular formula is C23H21N3O3. The van der Waals surface area contributed by atoms with E-state index in [0.29, 0.717) is 42.1 Å². The first kappa shape index (κ1) is 18.8. The van der Waals surface area contributed by atoms with Crippen molar-refractivity contribution in [2.75, 3.05) is 13.1 Å². The normalized spacial score (nSPS) is 15.9. The fourth-order valence-electron chi connectivity index (χ4n) is 3.41.